The molecule has 0 spiro atoms. The van der Waals surface area contributed by atoms with Crippen molar-refractivity contribution in [1.82, 2.24) is 15.0 Å². The number of carbonyl (C=O) groups is 3. The molecule has 0 amide bonds. The minimum atomic E-state index is -1.20. The largest absolute Gasteiger partial charge is 0.464 e. The fourth-order valence-corrected chi connectivity index (χ4v) is 0.753. The monoisotopic (exact) mass is 209 g/mol. The SMILES string of the molecule is CCOc1ncnc(C(=O)C(=O)C=O)n1. The maximum atomic E-state index is 11.1. The minimum absolute atomic E-state index is 0.0606. The maximum Gasteiger partial charge on any atom is 0.320 e. The van der Waals surface area contributed by atoms with Crippen molar-refractivity contribution in [3.8, 4) is 6.01 Å². The number of ketones is 2. The second-order valence-corrected chi connectivity index (χ2v) is 2.34. The lowest BCUT2D eigenvalue weighted by molar-refractivity contribution is -0.126. The van der Waals surface area contributed by atoms with Crippen LogP contribution in [0.15, 0.2) is 6.33 Å². The van der Waals surface area contributed by atoms with Gasteiger partial charge in [-0.25, -0.2) is 4.98 Å². The second kappa shape index (κ2) is 4.89. The zero-order valence-corrected chi connectivity index (χ0v) is 7.84. The highest BCUT2D eigenvalue weighted by molar-refractivity contribution is 6.61. The average Bonchev–Trinajstić information content (AvgIpc) is 2.28. The van der Waals surface area contributed by atoms with Crippen LogP contribution in [0, 0.1) is 0 Å². The number of ether oxygens (including phenoxy) is 1. The fourth-order valence-electron chi connectivity index (χ4n) is 0.753. The van der Waals surface area contributed by atoms with Crippen LogP contribution in [0.5, 0.6) is 6.01 Å². The number of hydrogen-bond donors (Lipinski definition) is 0. The van der Waals surface area contributed by atoms with Gasteiger partial charge in [-0.2, -0.15) is 9.97 Å². The maximum absolute atomic E-state index is 11.1. The molecule has 0 aliphatic carbocycles. The summed E-state index contributed by atoms with van der Waals surface area (Å²) in [5.74, 6) is -2.68. The predicted octanol–water partition coefficient (Wildman–Crippen LogP) is -0.779. The summed E-state index contributed by atoms with van der Waals surface area (Å²) < 4.78 is 4.90. The highest BCUT2D eigenvalue weighted by Crippen LogP contribution is 2.00. The van der Waals surface area contributed by atoms with Crippen molar-refractivity contribution in [1.29, 1.82) is 0 Å². The van der Waals surface area contributed by atoms with E-state index in [4.69, 9.17) is 4.74 Å². The van der Waals surface area contributed by atoms with Crippen LogP contribution in [0.25, 0.3) is 0 Å². The topological polar surface area (TPSA) is 99.1 Å². The molecule has 7 heteroatoms. The molecule has 0 N–H and O–H groups in total. The summed E-state index contributed by atoms with van der Waals surface area (Å²) in [7, 11) is 0. The summed E-state index contributed by atoms with van der Waals surface area (Å²) in [6.45, 7) is 2.03. The molecule has 0 aliphatic rings. The van der Waals surface area contributed by atoms with Crippen LogP contribution in [0.3, 0.4) is 0 Å². The molecule has 0 fully saturated rings. The summed E-state index contributed by atoms with van der Waals surface area (Å²) in [5, 5.41) is 0. The van der Waals surface area contributed by atoms with Gasteiger partial charge in [0.25, 0.3) is 11.6 Å². The van der Waals surface area contributed by atoms with E-state index in [0.29, 0.717) is 6.61 Å². The van der Waals surface area contributed by atoms with Crippen LogP contribution in [0.1, 0.15) is 17.5 Å². The Kier molecular flexibility index (Phi) is 3.55. The standard InChI is InChI=1S/C8H7N3O4/c1-2-15-8-10-4-9-7(11-8)6(14)5(13)3-12/h3-4H,2H2,1H3. The first-order valence-electron chi connectivity index (χ1n) is 4.04. The lowest BCUT2D eigenvalue weighted by Crippen LogP contribution is -2.18. The van der Waals surface area contributed by atoms with E-state index in [0.717, 1.165) is 6.33 Å². The number of aldehydes is 1. The number of Topliss-reactive ketones (excluding diaryl/α,β-unsaturated/α-hetero) is 2. The Morgan fingerprint density at radius 1 is 1.47 bits per heavy atom. The van der Waals surface area contributed by atoms with Crippen molar-refractivity contribution in [2.45, 2.75) is 6.92 Å². The molecule has 15 heavy (non-hydrogen) atoms. The van der Waals surface area contributed by atoms with Crippen LogP contribution in [0.4, 0.5) is 0 Å². The summed E-state index contributed by atoms with van der Waals surface area (Å²) in [4.78, 5) is 42.5. The third kappa shape index (κ3) is 2.63. The van der Waals surface area contributed by atoms with E-state index in [1.54, 1.807) is 6.92 Å². The second-order valence-electron chi connectivity index (χ2n) is 2.34. The van der Waals surface area contributed by atoms with Crippen molar-refractivity contribution >= 4 is 17.9 Å². The van der Waals surface area contributed by atoms with E-state index in [1.807, 2.05) is 0 Å². The Bertz CT molecular complexity index is 405. The Hall–Kier alpha value is -2.18. The normalized spacial score (nSPS) is 9.40. The van der Waals surface area contributed by atoms with Crippen LogP contribution < -0.4 is 4.74 Å². The quantitative estimate of drug-likeness (QED) is 0.271. The smallest absolute Gasteiger partial charge is 0.320 e. The molecule has 0 saturated heterocycles. The van der Waals surface area contributed by atoms with Crippen LogP contribution in [0.2, 0.25) is 0 Å². The van der Waals surface area contributed by atoms with Crippen molar-refractivity contribution in [2.24, 2.45) is 0 Å². The van der Waals surface area contributed by atoms with Gasteiger partial charge in [0.15, 0.2) is 6.29 Å². The zero-order chi connectivity index (χ0) is 11.3. The number of aromatic nitrogens is 3. The van der Waals surface area contributed by atoms with Crippen molar-refractivity contribution < 1.29 is 19.1 Å². The fraction of sp³-hybridized carbons (Fsp3) is 0.250. The summed E-state index contributed by atoms with van der Waals surface area (Å²) >= 11 is 0. The summed E-state index contributed by atoms with van der Waals surface area (Å²) in [6, 6.07) is -0.0606. The molecule has 1 rings (SSSR count). The van der Waals surface area contributed by atoms with Crippen LogP contribution in [-0.2, 0) is 9.59 Å². The third-order valence-corrected chi connectivity index (χ3v) is 1.36. The molecule has 0 radical (unpaired) electrons. The molecule has 1 aromatic rings. The molecular formula is C8H7N3O4. The third-order valence-electron chi connectivity index (χ3n) is 1.36. The van der Waals surface area contributed by atoms with Gasteiger partial charge >= 0.3 is 6.01 Å². The van der Waals surface area contributed by atoms with E-state index in [-0.39, 0.29) is 12.3 Å². The van der Waals surface area contributed by atoms with E-state index >= 15 is 0 Å². The molecule has 1 heterocycles. The lowest BCUT2D eigenvalue weighted by Gasteiger charge is -1.99. The lowest BCUT2D eigenvalue weighted by atomic mass is 10.3. The van der Waals surface area contributed by atoms with E-state index in [9.17, 15) is 14.4 Å². The highest BCUT2D eigenvalue weighted by atomic mass is 16.5. The van der Waals surface area contributed by atoms with Crippen molar-refractivity contribution in [3.05, 3.63) is 12.2 Å². The van der Waals surface area contributed by atoms with Crippen LogP contribution >= 0.6 is 0 Å². The molecular weight excluding hydrogens is 202 g/mol. The molecule has 7 nitrogen and oxygen atoms in total. The first kappa shape index (κ1) is 10.9. The number of hydrogen-bond acceptors (Lipinski definition) is 7. The van der Waals surface area contributed by atoms with Gasteiger partial charge in [0, 0.05) is 0 Å². The Labute approximate surface area is 84.5 Å². The van der Waals surface area contributed by atoms with Gasteiger partial charge in [0.05, 0.1) is 6.61 Å². The molecule has 78 valence electrons. The Balaban J connectivity index is 2.94. The summed E-state index contributed by atoms with van der Waals surface area (Å²) in [5.41, 5.74) is 0. The minimum Gasteiger partial charge on any atom is -0.464 e. The Morgan fingerprint density at radius 3 is 2.80 bits per heavy atom. The number of nitrogens with zero attached hydrogens (tertiary/aromatic N) is 3. The van der Waals surface area contributed by atoms with Gasteiger partial charge in [0.2, 0.25) is 5.82 Å². The highest BCUT2D eigenvalue weighted by Gasteiger charge is 2.19. The molecule has 0 atom stereocenters. The summed E-state index contributed by atoms with van der Waals surface area (Å²) in [6.07, 6.45) is 0.940. The van der Waals surface area contributed by atoms with Crippen LogP contribution in [-0.4, -0.2) is 39.4 Å². The first-order chi connectivity index (χ1) is 7.19. The molecule has 1 aromatic heterocycles. The zero-order valence-electron chi connectivity index (χ0n) is 7.84. The van der Waals surface area contributed by atoms with Gasteiger partial charge in [-0.1, -0.05) is 0 Å². The number of rotatable bonds is 5. The predicted molar refractivity (Wildman–Crippen MR) is 46.4 cm³/mol. The van der Waals surface area contributed by atoms with Crippen molar-refractivity contribution in [3.63, 3.8) is 0 Å². The number of carbonyl (C=O) groups excluding carboxylic acids is 3. The van der Waals surface area contributed by atoms with Gasteiger partial charge in [-0.05, 0) is 6.92 Å². The van der Waals surface area contributed by atoms with Gasteiger partial charge in [0.1, 0.15) is 6.33 Å². The molecule has 0 saturated carbocycles. The van der Waals surface area contributed by atoms with Gasteiger partial charge in [-0.3, -0.25) is 14.4 Å². The van der Waals surface area contributed by atoms with Gasteiger partial charge < -0.3 is 4.74 Å². The van der Waals surface area contributed by atoms with Crippen molar-refractivity contribution in [2.75, 3.05) is 6.61 Å². The average molecular weight is 209 g/mol. The van der Waals surface area contributed by atoms with E-state index in [1.165, 1.54) is 0 Å². The molecule has 0 bridgehead atoms. The molecule has 0 aliphatic heterocycles. The Morgan fingerprint density at radius 2 is 2.20 bits per heavy atom. The first-order valence-corrected chi connectivity index (χ1v) is 4.04. The van der Waals surface area contributed by atoms with E-state index < -0.39 is 17.4 Å². The molecule has 0 unspecified atom stereocenters. The molecule has 0 aromatic carbocycles. The van der Waals surface area contributed by atoms with Gasteiger partial charge in [-0.15, -0.1) is 0 Å². The van der Waals surface area contributed by atoms with E-state index in [2.05, 4.69) is 15.0 Å².